The lowest BCUT2D eigenvalue weighted by molar-refractivity contribution is -0.0399. The minimum atomic E-state index is 0.110. The summed E-state index contributed by atoms with van der Waals surface area (Å²) in [6.07, 6.45) is 9.47. The average Bonchev–Trinajstić information content (AvgIpc) is 3.56. The first kappa shape index (κ1) is 35.5. The molecule has 4 saturated carbocycles. The van der Waals surface area contributed by atoms with Crippen LogP contribution in [0.1, 0.15) is 94.9 Å². The van der Waals surface area contributed by atoms with Crippen LogP contribution in [0.15, 0.2) is 152 Å². The summed E-state index contributed by atoms with van der Waals surface area (Å²) < 4.78 is 0. The molecule has 0 amide bonds. The van der Waals surface area contributed by atoms with Gasteiger partial charge in [0.25, 0.3) is 0 Å². The van der Waals surface area contributed by atoms with E-state index in [-0.39, 0.29) is 16.2 Å². The number of nitrogens with zero attached hydrogens (tertiary/aromatic N) is 1. The van der Waals surface area contributed by atoms with Crippen molar-refractivity contribution in [2.24, 2.45) is 23.7 Å². The molecular weight excluding hydrogens is 711 g/mol. The van der Waals surface area contributed by atoms with Crippen molar-refractivity contribution in [2.75, 3.05) is 4.90 Å². The van der Waals surface area contributed by atoms with E-state index in [0.717, 1.165) is 23.7 Å². The molecule has 0 unspecified atom stereocenters. The molecule has 0 aromatic heterocycles. The van der Waals surface area contributed by atoms with E-state index in [1.54, 1.807) is 11.1 Å². The fraction of sp³-hybridized carbons (Fsp3) is 0.310. The smallest absolute Gasteiger partial charge is 0.0543 e. The number of anilines is 3. The highest BCUT2D eigenvalue weighted by Crippen LogP contribution is 2.70. The highest BCUT2D eigenvalue weighted by molar-refractivity contribution is 6.05. The minimum Gasteiger partial charge on any atom is -0.310 e. The van der Waals surface area contributed by atoms with Crippen molar-refractivity contribution < 1.29 is 0 Å². The number of hydrogen-bond acceptors (Lipinski definition) is 1. The minimum absolute atomic E-state index is 0.110. The van der Waals surface area contributed by atoms with Crippen molar-refractivity contribution in [2.45, 2.75) is 88.9 Å². The molecule has 4 bridgehead atoms. The maximum atomic E-state index is 2.63. The molecule has 1 heteroatoms. The predicted octanol–water partition coefficient (Wildman–Crippen LogP) is 15.7. The van der Waals surface area contributed by atoms with Gasteiger partial charge in [-0.1, -0.05) is 149 Å². The number of hydrogen-bond donors (Lipinski definition) is 0. The predicted molar refractivity (Wildman–Crippen MR) is 248 cm³/mol. The lowest BCUT2D eigenvalue weighted by Crippen LogP contribution is -2.55. The van der Waals surface area contributed by atoms with Gasteiger partial charge in [-0.25, -0.2) is 0 Å². The van der Waals surface area contributed by atoms with Gasteiger partial charge in [0.15, 0.2) is 0 Å². The molecule has 0 radical (unpaired) electrons. The van der Waals surface area contributed by atoms with Gasteiger partial charge in [0.05, 0.1) is 5.69 Å². The standard InChI is InChI=1S/C58H55N/c1-56(2)29-30-57(3,4)53-36-44(25-28-51(53)56)59(43-23-21-40(22-24-43)46-27-26-45(39-13-6-5-7-14-39)47-15-8-9-16-48(46)47)54-20-12-19-52-55(54)49-17-10-11-18-50(49)58(52)41-32-37-31-38(34-41)35-42(58)33-37/h5-28,36-38,41-42H,29-35H2,1-4H3. The summed E-state index contributed by atoms with van der Waals surface area (Å²) in [6.45, 7) is 9.81. The third-order valence-corrected chi connectivity index (χ3v) is 16.3. The Labute approximate surface area is 351 Å². The summed E-state index contributed by atoms with van der Waals surface area (Å²) in [7, 11) is 0. The van der Waals surface area contributed by atoms with Crippen LogP contribution in [0.5, 0.6) is 0 Å². The lowest BCUT2D eigenvalue weighted by Gasteiger charge is -2.61. The van der Waals surface area contributed by atoms with Crippen LogP contribution in [0.2, 0.25) is 0 Å². The molecule has 292 valence electrons. The molecule has 6 aliphatic carbocycles. The largest absolute Gasteiger partial charge is 0.310 e. The first-order valence-electron chi connectivity index (χ1n) is 22.6. The third kappa shape index (κ3) is 5.16. The zero-order chi connectivity index (χ0) is 39.7. The fourth-order valence-electron chi connectivity index (χ4n) is 13.7. The van der Waals surface area contributed by atoms with Gasteiger partial charge in [0, 0.05) is 22.4 Å². The Kier molecular flexibility index (Phi) is 7.71. The molecule has 7 aromatic rings. The van der Waals surface area contributed by atoms with E-state index in [0.29, 0.717) is 0 Å². The topological polar surface area (TPSA) is 3.24 Å². The van der Waals surface area contributed by atoms with Gasteiger partial charge in [-0.15, -0.1) is 0 Å². The number of benzene rings is 7. The Bertz CT molecular complexity index is 2760. The monoisotopic (exact) mass is 765 g/mol. The zero-order valence-corrected chi connectivity index (χ0v) is 35.1. The van der Waals surface area contributed by atoms with E-state index in [1.165, 1.54) is 117 Å². The maximum Gasteiger partial charge on any atom is 0.0543 e. The van der Waals surface area contributed by atoms with Gasteiger partial charge in [0.1, 0.15) is 0 Å². The molecule has 4 fully saturated rings. The van der Waals surface area contributed by atoms with E-state index in [9.17, 15) is 0 Å². The summed E-state index contributed by atoms with van der Waals surface area (Å²) >= 11 is 0. The van der Waals surface area contributed by atoms with E-state index in [4.69, 9.17) is 0 Å². The van der Waals surface area contributed by atoms with Crippen molar-refractivity contribution in [3.05, 3.63) is 174 Å². The van der Waals surface area contributed by atoms with Gasteiger partial charge in [0.2, 0.25) is 0 Å². The second kappa shape index (κ2) is 12.8. The molecule has 0 atom stereocenters. The average molecular weight is 766 g/mol. The van der Waals surface area contributed by atoms with Crippen LogP contribution in [-0.2, 0) is 16.2 Å². The number of rotatable bonds is 5. The highest BCUT2D eigenvalue weighted by atomic mass is 15.1. The van der Waals surface area contributed by atoms with Crippen LogP contribution >= 0.6 is 0 Å². The molecule has 1 spiro atoms. The van der Waals surface area contributed by atoms with Crippen LogP contribution in [0.25, 0.3) is 44.2 Å². The van der Waals surface area contributed by atoms with E-state index in [1.807, 2.05) is 0 Å². The Morgan fingerprint density at radius 3 is 1.66 bits per heavy atom. The van der Waals surface area contributed by atoms with Crippen LogP contribution in [-0.4, -0.2) is 0 Å². The summed E-state index contributed by atoms with van der Waals surface area (Å²) in [4.78, 5) is 2.63. The molecule has 59 heavy (non-hydrogen) atoms. The first-order chi connectivity index (χ1) is 28.7. The zero-order valence-electron chi connectivity index (χ0n) is 35.1. The summed E-state index contributed by atoms with van der Waals surface area (Å²) in [5.41, 5.74) is 18.4. The summed E-state index contributed by atoms with van der Waals surface area (Å²) in [5, 5.41) is 2.58. The van der Waals surface area contributed by atoms with E-state index < -0.39 is 0 Å². The van der Waals surface area contributed by atoms with Gasteiger partial charge < -0.3 is 4.90 Å². The van der Waals surface area contributed by atoms with Crippen molar-refractivity contribution in [3.63, 3.8) is 0 Å². The number of fused-ring (bicyclic) bond motifs is 5. The molecule has 6 aliphatic rings. The molecular formula is C58H55N. The van der Waals surface area contributed by atoms with Gasteiger partial charge in [-0.05, 0) is 171 Å². The summed E-state index contributed by atoms with van der Waals surface area (Å²) in [6, 6.07) is 58.4. The van der Waals surface area contributed by atoms with E-state index in [2.05, 4.69) is 184 Å². The third-order valence-electron chi connectivity index (χ3n) is 16.3. The second-order valence-corrected chi connectivity index (χ2v) is 20.4. The lowest BCUT2D eigenvalue weighted by atomic mass is 9.43. The molecule has 7 aromatic carbocycles. The molecule has 0 heterocycles. The highest BCUT2D eigenvalue weighted by Gasteiger charge is 2.62. The van der Waals surface area contributed by atoms with Crippen molar-refractivity contribution in [3.8, 4) is 33.4 Å². The molecule has 0 aliphatic heterocycles. The SMILES string of the molecule is CC1(C)CCC(C)(C)c2cc(N(c3ccc(-c4ccc(-c5ccccc5)c5ccccc45)cc3)c3cccc4c3-c3ccccc3C43C4CC5CC(C4)CC3C5)ccc21. The molecule has 0 N–H and O–H groups in total. The van der Waals surface area contributed by atoms with Crippen molar-refractivity contribution >= 4 is 27.8 Å². The fourth-order valence-corrected chi connectivity index (χ4v) is 13.7. The van der Waals surface area contributed by atoms with Crippen LogP contribution < -0.4 is 4.90 Å². The quantitative estimate of drug-likeness (QED) is 0.169. The van der Waals surface area contributed by atoms with Gasteiger partial charge in [-0.3, -0.25) is 0 Å². The van der Waals surface area contributed by atoms with Crippen LogP contribution in [0.4, 0.5) is 17.1 Å². The second-order valence-electron chi connectivity index (χ2n) is 20.4. The van der Waals surface area contributed by atoms with Crippen LogP contribution in [0.3, 0.4) is 0 Å². The Morgan fingerprint density at radius 1 is 0.424 bits per heavy atom. The Hall–Kier alpha value is -5.40. The van der Waals surface area contributed by atoms with Crippen molar-refractivity contribution in [1.82, 2.24) is 0 Å². The van der Waals surface area contributed by atoms with Gasteiger partial charge in [-0.2, -0.15) is 0 Å². The normalized spacial score (nSPS) is 25.2. The van der Waals surface area contributed by atoms with Crippen molar-refractivity contribution in [1.29, 1.82) is 0 Å². The Balaban J connectivity index is 1.05. The van der Waals surface area contributed by atoms with Gasteiger partial charge >= 0.3 is 0 Å². The maximum absolute atomic E-state index is 2.63. The molecule has 13 rings (SSSR count). The summed E-state index contributed by atoms with van der Waals surface area (Å²) in [5.74, 6) is 3.32. The van der Waals surface area contributed by atoms with Crippen LogP contribution in [0, 0.1) is 23.7 Å². The molecule has 0 saturated heterocycles. The molecule has 1 nitrogen and oxygen atoms in total. The van der Waals surface area contributed by atoms with E-state index >= 15 is 0 Å². The first-order valence-corrected chi connectivity index (χ1v) is 22.6. The Morgan fingerprint density at radius 2 is 0.983 bits per heavy atom.